The van der Waals surface area contributed by atoms with E-state index in [1.165, 1.54) is 23.1 Å². The zero-order valence-corrected chi connectivity index (χ0v) is 12.5. The summed E-state index contributed by atoms with van der Waals surface area (Å²) in [6.45, 7) is -0.397. The van der Waals surface area contributed by atoms with Crippen molar-refractivity contribution in [3.8, 4) is 0 Å². The monoisotopic (exact) mass is 325 g/mol. The number of nitrogens with one attached hydrogen (secondary N) is 1. The van der Waals surface area contributed by atoms with Gasteiger partial charge in [0.25, 0.3) is 5.56 Å². The van der Waals surface area contributed by atoms with Crippen LogP contribution in [0.25, 0.3) is 21.5 Å². The van der Waals surface area contributed by atoms with Crippen LogP contribution >= 0.6 is 23.1 Å². The van der Waals surface area contributed by atoms with Gasteiger partial charge in [0.15, 0.2) is 11.2 Å². The van der Waals surface area contributed by atoms with E-state index in [1.54, 1.807) is 0 Å². The molecule has 0 fully saturated rings. The molecule has 0 aliphatic rings. The summed E-state index contributed by atoms with van der Waals surface area (Å²) < 4.78 is 0. The second-order valence-corrected chi connectivity index (χ2v) is 6.05. The summed E-state index contributed by atoms with van der Waals surface area (Å²) >= 11 is 2.58. The maximum atomic E-state index is 11.9. The molecule has 3 rings (SSSR count). The van der Waals surface area contributed by atoms with Gasteiger partial charge in [0.1, 0.15) is 16.5 Å². The maximum absolute atomic E-state index is 11.9. The normalized spacial score (nSPS) is 13.1. The largest absolute Gasteiger partial charge is 0.393 e. The van der Waals surface area contributed by atoms with E-state index in [0.29, 0.717) is 20.1 Å². The summed E-state index contributed by atoms with van der Waals surface area (Å²) in [5, 5.41) is 19.0. The molecule has 3 heterocycles. The van der Waals surface area contributed by atoms with Crippen LogP contribution in [-0.4, -0.2) is 43.0 Å². The van der Waals surface area contributed by atoms with Gasteiger partial charge in [0.2, 0.25) is 5.95 Å². The third kappa shape index (κ3) is 2.25. The average Bonchev–Trinajstić information content (AvgIpc) is 2.81. The Kier molecular flexibility index (Phi) is 3.53. The highest BCUT2D eigenvalue weighted by molar-refractivity contribution is 7.99. The third-order valence-corrected chi connectivity index (χ3v) is 4.98. The van der Waals surface area contributed by atoms with Gasteiger partial charge >= 0.3 is 0 Å². The molecular weight excluding hydrogens is 314 g/mol. The molecule has 10 heteroatoms. The Hall–Kier alpha value is -1.75. The van der Waals surface area contributed by atoms with Crippen LogP contribution in [0.1, 0.15) is 11.0 Å². The number of rotatable bonds is 3. The van der Waals surface area contributed by atoms with E-state index in [2.05, 4.69) is 19.9 Å². The van der Waals surface area contributed by atoms with Gasteiger partial charge in [-0.3, -0.25) is 9.78 Å². The second-order valence-electron chi connectivity index (χ2n) is 4.20. The lowest BCUT2D eigenvalue weighted by Crippen LogP contribution is -2.13. The van der Waals surface area contributed by atoms with Crippen molar-refractivity contribution in [2.75, 3.05) is 18.6 Å². The van der Waals surface area contributed by atoms with Gasteiger partial charge < -0.3 is 15.9 Å². The molecule has 21 heavy (non-hydrogen) atoms. The number of H-pyrrole nitrogens is 1. The highest BCUT2D eigenvalue weighted by Crippen LogP contribution is 2.39. The Morgan fingerprint density at radius 2 is 2.14 bits per heavy atom. The number of thioether (sulfide) groups is 1. The second kappa shape index (κ2) is 5.22. The summed E-state index contributed by atoms with van der Waals surface area (Å²) in [7, 11) is 0. The first-order valence-electron chi connectivity index (χ1n) is 5.88. The predicted octanol–water partition coefficient (Wildman–Crippen LogP) is 0.258. The number of nitrogen functional groups attached to an aromatic ring is 1. The number of hydrogen-bond donors (Lipinski definition) is 4. The molecule has 110 valence electrons. The summed E-state index contributed by atoms with van der Waals surface area (Å²) in [5.41, 5.74) is 5.79. The number of aromatic nitrogens is 4. The number of hydrogen-bond acceptors (Lipinski definition) is 9. The van der Waals surface area contributed by atoms with Crippen LogP contribution in [-0.2, 0) is 0 Å². The molecule has 0 bridgehead atoms. The topological polar surface area (TPSA) is 138 Å². The number of aliphatic hydroxyl groups excluding tert-OH is 2. The van der Waals surface area contributed by atoms with Gasteiger partial charge in [0, 0.05) is 0 Å². The lowest BCUT2D eigenvalue weighted by molar-refractivity contribution is 0.0967. The van der Waals surface area contributed by atoms with Gasteiger partial charge in [-0.05, 0) is 6.26 Å². The van der Waals surface area contributed by atoms with E-state index in [9.17, 15) is 9.90 Å². The van der Waals surface area contributed by atoms with E-state index in [4.69, 9.17) is 10.8 Å². The van der Waals surface area contributed by atoms with E-state index >= 15 is 0 Å². The summed E-state index contributed by atoms with van der Waals surface area (Å²) in [4.78, 5) is 28.6. The van der Waals surface area contributed by atoms with Crippen molar-refractivity contribution < 1.29 is 10.2 Å². The molecule has 0 aromatic carbocycles. The molecule has 0 spiro atoms. The average molecular weight is 325 g/mol. The minimum absolute atomic E-state index is 0.0292. The van der Waals surface area contributed by atoms with Gasteiger partial charge in [-0.2, -0.15) is 4.98 Å². The number of nitrogens with two attached hydrogens (primary N) is 1. The van der Waals surface area contributed by atoms with Gasteiger partial charge in [-0.1, -0.05) is 0 Å². The lowest BCUT2D eigenvalue weighted by atomic mass is 10.3. The molecule has 0 unspecified atom stereocenters. The van der Waals surface area contributed by atoms with Crippen LogP contribution in [0.15, 0.2) is 9.69 Å². The number of nitrogens with zero attached hydrogens (tertiary/aromatic N) is 3. The molecule has 5 N–H and O–H groups in total. The maximum Gasteiger partial charge on any atom is 0.280 e. The van der Waals surface area contributed by atoms with Crippen molar-refractivity contribution in [1.82, 2.24) is 19.9 Å². The molecule has 3 aromatic heterocycles. The number of thiophene rings is 1. The van der Waals surface area contributed by atoms with E-state index in [-0.39, 0.29) is 17.1 Å². The van der Waals surface area contributed by atoms with E-state index in [1.807, 2.05) is 6.26 Å². The summed E-state index contributed by atoms with van der Waals surface area (Å²) in [5.74, 6) is -0.0292. The zero-order valence-electron chi connectivity index (χ0n) is 10.8. The van der Waals surface area contributed by atoms with Crippen LogP contribution in [0, 0.1) is 0 Å². The Bertz CT molecular complexity index is 891. The van der Waals surface area contributed by atoms with Crippen LogP contribution in [0.4, 0.5) is 5.95 Å². The minimum atomic E-state index is -1.01. The van der Waals surface area contributed by atoms with Crippen molar-refractivity contribution in [3.05, 3.63) is 15.2 Å². The Labute approximate surface area is 126 Å². The van der Waals surface area contributed by atoms with Crippen LogP contribution in [0.5, 0.6) is 0 Å². The molecule has 0 amide bonds. The molecule has 0 aliphatic carbocycles. The molecular formula is C11H11N5O3S2. The van der Waals surface area contributed by atoms with Crippen molar-refractivity contribution in [2.24, 2.45) is 0 Å². The predicted molar refractivity (Wildman–Crippen MR) is 81.6 cm³/mol. The van der Waals surface area contributed by atoms with Crippen LogP contribution < -0.4 is 11.3 Å². The van der Waals surface area contributed by atoms with E-state index < -0.39 is 18.3 Å². The van der Waals surface area contributed by atoms with Gasteiger partial charge in [-0.25, -0.2) is 9.97 Å². The highest BCUT2D eigenvalue weighted by atomic mass is 32.2. The smallest absolute Gasteiger partial charge is 0.280 e. The molecule has 1 atom stereocenters. The number of anilines is 1. The highest BCUT2D eigenvalue weighted by Gasteiger charge is 2.21. The Balaban J connectivity index is 2.39. The number of aromatic amines is 1. The SMILES string of the molecule is CSc1c([C@H](O)CO)sc2nc3nc(N)[nH]c(=O)c3nc12. The first kappa shape index (κ1) is 14.2. The number of aliphatic hydroxyl groups is 2. The zero-order chi connectivity index (χ0) is 15.1. The lowest BCUT2D eigenvalue weighted by Gasteiger charge is -2.05. The fourth-order valence-corrected chi connectivity index (χ4v) is 4.04. The molecule has 8 nitrogen and oxygen atoms in total. The molecule has 0 radical (unpaired) electrons. The third-order valence-electron chi connectivity index (χ3n) is 2.85. The quantitative estimate of drug-likeness (QED) is 0.503. The fourth-order valence-electron chi connectivity index (χ4n) is 1.95. The van der Waals surface area contributed by atoms with Crippen molar-refractivity contribution in [2.45, 2.75) is 11.0 Å². The molecule has 0 saturated carbocycles. The summed E-state index contributed by atoms with van der Waals surface area (Å²) in [6.07, 6.45) is 0.819. The van der Waals surface area contributed by atoms with Crippen molar-refractivity contribution in [1.29, 1.82) is 0 Å². The summed E-state index contributed by atoms with van der Waals surface area (Å²) in [6, 6.07) is 0. The van der Waals surface area contributed by atoms with Crippen LogP contribution in [0.3, 0.4) is 0 Å². The molecule has 3 aromatic rings. The first-order valence-corrected chi connectivity index (χ1v) is 7.92. The molecule has 0 aliphatic heterocycles. The van der Waals surface area contributed by atoms with Crippen molar-refractivity contribution in [3.63, 3.8) is 0 Å². The minimum Gasteiger partial charge on any atom is -0.393 e. The molecule has 0 saturated heterocycles. The van der Waals surface area contributed by atoms with Crippen molar-refractivity contribution >= 4 is 50.6 Å². The standard InChI is InChI=1S/C11H11N5O3S2/c1-20-7-4-10(21-6(7)3(18)2-17)14-8-5(13-4)9(19)16-11(12)15-8/h3,17-18H,2H2,1H3,(H3,12,14,15,16,19)/t3-/m1/s1. The van der Waals surface area contributed by atoms with Gasteiger partial charge in [-0.15, -0.1) is 23.1 Å². The Morgan fingerprint density at radius 1 is 1.38 bits per heavy atom. The number of fused-ring (bicyclic) bond motifs is 2. The van der Waals surface area contributed by atoms with E-state index in [0.717, 1.165) is 0 Å². The van der Waals surface area contributed by atoms with Crippen LogP contribution in [0.2, 0.25) is 0 Å². The first-order chi connectivity index (χ1) is 10.0. The fraction of sp³-hybridized carbons (Fsp3) is 0.273. The Morgan fingerprint density at radius 3 is 2.81 bits per heavy atom. The van der Waals surface area contributed by atoms with Gasteiger partial charge in [0.05, 0.1) is 16.4 Å².